The van der Waals surface area contributed by atoms with Crippen LogP contribution in [0.3, 0.4) is 0 Å². The molecule has 2 nitrogen and oxygen atoms in total. The zero-order valence-corrected chi connectivity index (χ0v) is 13.7. The number of hydrogen-bond donors (Lipinski definition) is 1. The first-order chi connectivity index (χ1) is 9.81. The molecule has 2 rings (SSSR count). The van der Waals surface area contributed by atoms with Gasteiger partial charge in [-0.05, 0) is 38.4 Å². The fourth-order valence-corrected chi connectivity index (χ4v) is 4.30. The minimum absolute atomic E-state index is 0.640. The molecule has 1 N–H and O–H groups in total. The van der Waals surface area contributed by atoms with Crippen LogP contribution in [0.25, 0.3) is 0 Å². The summed E-state index contributed by atoms with van der Waals surface area (Å²) < 4.78 is 0. The number of nitrogens with zero attached hydrogens (tertiary/aromatic N) is 1. The lowest BCUT2D eigenvalue weighted by Gasteiger charge is -2.38. The molecule has 0 radical (unpaired) electrons. The lowest BCUT2D eigenvalue weighted by molar-refractivity contribution is 0.207. The molecule has 1 fully saturated rings. The predicted octanol–water partition coefficient (Wildman–Crippen LogP) is 3.03. The summed E-state index contributed by atoms with van der Waals surface area (Å²) in [6, 6.07) is 12.2. The molecule has 112 valence electrons. The molecule has 1 aromatic carbocycles. The van der Waals surface area contributed by atoms with E-state index in [2.05, 4.69) is 66.3 Å². The first kappa shape index (κ1) is 15.9. The minimum Gasteiger partial charge on any atom is -0.313 e. The van der Waals surface area contributed by atoms with E-state index in [4.69, 9.17) is 0 Å². The van der Waals surface area contributed by atoms with Crippen LogP contribution in [-0.2, 0) is 6.42 Å². The quantitative estimate of drug-likeness (QED) is 0.831. The Bertz CT molecular complexity index is 369. The van der Waals surface area contributed by atoms with E-state index in [1.165, 1.54) is 42.9 Å². The van der Waals surface area contributed by atoms with Crippen molar-refractivity contribution in [1.82, 2.24) is 10.2 Å². The third-order valence-electron chi connectivity index (χ3n) is 4.20. The highest BCUT2D eigenvalue weighted by Gasteiger charge is 2.26. The van der Waals surface area contributed by atoms with Gasteiger partial charge in [-0.25, -0.2) is 0 Å². The van der Waals surface area contributed by atoms with Crippen LogP contribution in [0.5, 0.6) is 0 Å². The summed E-state index contributed by atoms with van der Waals surface area (Å²) in [6.07, 6.45) is 3.75. The zero-order chi connectivity index (χ0) is 14.2. The van der Waals surface area contributed by atoms with Crippen LogP contribution < -0.4 is 5.32 Å². The topological polar surface area (TPSA) is 15.3 Å². The van der Waals surface area contributed by atoms with Crippen molar-refractivity contribution in [1.29, 1.82) is 0 Å². The standard InChI is InChI=1S/C17H28N2S/c1-3-18-16(17-14-20-13-12-19(17)2)11-7-10-15-8-5-4-6-9-15/h4-6,8-9,16-18H,3,7,10-14H2,1-2H3. The summed E-state index contributed by atoms with van der Waals surface area (Å²) in [5.74, 6) is 2.56. The van der Waals surface area contributed by atoms with E-state index in [1.54, 1.807) is 0 Å². The summed E-state index contributed by atoms with van der Waals surface area (Å²) in [5, 5.41) is 3.71. The lowest BCUT2D eigenvalue weighted by Crippen LogP contribution is -2.52. The molecule has 20 heavy (non-hydrogen) atoms. The Kier molecular flexibility index (Phi) is 6.91. The Labute approximate surface area is 128 Å². The molecule has 0 aromatic heterocycles. The first-order valence-corrected chi connectivity index (χ1v) is 9.02. The highest BCUT2D eigenvalue weighted by Crippen LogP contribution is 2.20. The molecule has 1 heterocycles. The highest BCUT2D eigenvalue weighted by atomic mass is 32.2. The Morgan fingerprint density at radius 1 is 1.35 bits per heavy atom. The molecule has 0 spiro atoms. The fraction of sp³-hybridized carbons (Fsp3) is 0.647. The van der Waals surface area contributed by atoms with E-state index in [0.717, 1.165) is 6.54 Å². The van der Waals surface area contributed by atoms with Crippen LogP contribution in [0.2, 0.25) is 0 Å². The van der Waals surface area contributed by atoms with E-state index >= 15 is 0 Å². The predicted molar refractivity (Wildman–Crippen MR) is 90.6 cm³/mol. The van der Waals surface area contributed by atoms with Gasteiger partial charge in [0.25, 0.3) is 0 Å². The van der Waals surface area contributed by atoms with Crippen LogP contribution in [0, 0.1) is 0 Å². The maximum atomic E-state index is 3.71. The second-order valence-corrected chi connectivity index (χ2v) is 6.81. The van der Waals surface area contributed by atoms with Gasteiger partial charge in [0.15, 0.2) is 0 Å². The van der Waals surface area contributed by atoms with Gasteiger partial charge in [0.05, 0.1) is 0 Å². The Hall–Kier alpha value is -0.510. The highest BCUT2D eigenvalue weighted by molar-refractivity contribution is 7.99. The third-order valence-corrected chi connectivity index (χ3v) is 5.25. The van der Waals surface area contributed by atoms with Crippen molar-refractivity contribution in [2.75, 3.05) is 31.6 Å². The fourth-order valence-electron chi connectivity index (χ4n) is 2.99. The Balaban J connectivity index is 1.82. The third kappa shape index (κ3) is 4.80. The van der Waals surface area contributed by atoms with Crippen LogP contribution in [0.4, 0.5) is 0 Å². The van der Waals surface area contributed by atoms with Gasteiger partial charge in [-0.1, -0.05) is 37.3 Å². The van der Waals surface area contributed by atoms with Gasteiger partial charge < -0.3 is 10.2 Å². The number of rotatable bonds is 7. The molecule has 2 atom stereocenters. The van der Waals surface area contributed by atoms with E-state index in [9.17, 15) is 0 Å². The van der Waals surface area contributed by atoms with Crippen molar-refractivity contribution in [3.05, 3.63) is 35.9 Å². The van der Waals surface area contributed by atoms with E-state index in [0.29, 0.717) is 12.1 Å². The minimum atomic E-state index is 0.640. The summed E-state index contributed by atoms with van der Waals surface area (Å²) in [6.45, 7) is 4.53. The van der Waals surface area contributed by atoms with Gasteiger partial charge in [-0.15, -0.1) is 0 Å². The summed E-state index contributed by atoms with van der Waals surface area (Å²) in [5.41, 5.74) is 1.47. The van der Waals surface area contributed by atoms with Crippen molar-refractivity contribution in [2.45, 2.75) is 38.3 Å². The number of thioether (sulfide) groups is 1. The molecular weight excluding hydrogens is 264 g/mol. The molecule has 1 aromatic rings. The molecule has 0 saturated carbocycles. The van der Waals surface area contributed by atoms with E-state index in [1.807, 2.05) is 0 Å². The molecule has 0 amide bonds. The van der Waals surface area contributed by atoms with Gasteiger partial charge >= 0.3 is 0 Å². The molecule has 0 aliphatic carbocycles. The average molecular weight is 292 g/mol. The number of benzene rings is 1. The summed E-state index contributed by atoms with van der Waals surface area (Å²) in [7, 11) is 2.28. The van der Waals surface area contributed by atoms with E-state index in [-0.39, 0.29) is 0 Å². The normalized spacial score (nSPS) is 21.8. The van der Waals surface area contributed by atoms with Crippen molar-refractivity contribution < 1.29 is 0 Å². The van der Waals surface area contributed by atoms with Crippen molar-refractivity contribution >= 4 is 11.8 Å². The maximum Gasteiger partial charge on any atom is 0.0337 e. The molecular formula is C17H28N2S. The van der Waals surface area contributed by atoms with Gasteiger partial charge in [0, 0.05) is 30.1 Å². The summed E-state index contributed by atoms with van der Waals surface area (Å²) in [4.78, 5) is 2.55. The Morgan fingerprint density at radius 2 is 2.15 bits per heavy atom. The van der Waals surface area contributed by atoms with Crippen LogP contribution in [0.1, 0.15) is 25.3 Å². The smallest absolute Gasteiger partial charge is 0.0337 e. The molecule has 2 unspecified atom stereocenters. The molecule has 0 bridgehead atoms. The van der Waals surface area contributed by atoms with Crippen LogP contribution in [-0.4, -0.2) is 48.6 Å². The zero-order valence-electron chi connectivity index (χ0n) is 12.8. The number of aryl methyl sites for hydroxylation is 1. The maximum absolute atomic E-state index is 3.71. The van der Waals surface area contributed by atoms with Crippen molar-refractivity contribution in [3.63, 3.8) is 0 Å². The number of nitrogens with one attached hydrogen (secondary N) is 1. The first-order valence-electron chi connectivity index (χ1n) is 7.86. The molecule has 3 heteroatoms. The van der Waals surface area contributed by atoms with Gasteiger partial charge in [-0.2, -0.15) is 11.8 Å². The largest absolute Gasteiger partial charge is 0.313 e. The van der Waals surface area contributed by atoms with Crippen molar-refractivity contribution in [3.8, 4) is 0 Å². The lowest BCUT2D eigenvalue weighted by atomic mass is 9.99. The average Bonchev–Trinajstić information content (AvgIpc) is 2.48. The Morgan fingerprint density at radius 3 is 2.85 bits per heavy atom. The van der Waals surface area contributed by atoms with Crippen molar-refractivity contribution in [2.24, 2.45) is 0 Å². The molecule has 1 saturated heterocycles. The molecule has 1 aliphatic heterocycles. The second kappa shape index (κ2) is 8.71. The SMILES string of the molecule is CCNC(CCCc1ccccc1)C1CSCCN1C. The monoisotopic (exact) mass is 292 g/mol. The molecule has 1 aliphatic rings. The summed E-state index contributed by atoms with van der Waals surface area (Å²) >= 11 is 2.11. The number of likely N-dealkylation sites (N-methyl/N-ethyl adjacent to an activating group) is 2. The van der Waals surface area contributed by atoms with Crippen LogP contribution >= 0.6 is 11.8 Å². The van der Waals surface area contributed by atoms with Gasteiger partial charge in [0.1, 0.15) is 0 Å². The second-order valence-electron chi connectivity index (χ2n) is 5.66. The number of hydrogen-bond acceptors (Lipinski definition) is 3. The van der Waals surface area contributed by atoms with Gasteiger partial charge in [-0.3, -0.25) is 0 Å². The van der Waals surface area contributed by atoms with Crippen LogP contribution in [0.15, 0.2) is 30.3 Å². The van der Waals surface area contributed by atoms with Gasteiger partial charge in [0.2, 0.25) is 0 Å². The van der Waals surface area contributed by atoms with E-state index < -0.39 is 0 Å².